The zero-order valence-electron chi connectivity index (χ0n) is 14.7. The molecule has 2 saturated carbocycles. The predicted octanol–water partition coefficient (Wildman–Crippen LogP) is 6.55. The Morgan fingerprint density at radius 2 is 1.50 bits per heavy atom. The topological polar surface area (TPSA) is 0 Å². The summed E-state index contributed by atoms with van der Waals surface area (Å²) >= 11 is 0. The van der Waals surface area contributed by atoms with Crippen molar-refractivity contribution in [2.24, 2.45) is 41.4 Å². The highest BCUT2D eigenvalue weighted by Gasteiger charge is 2.35. The largest absolute Gasteiger partial charge is 0.0628 e. The molecule has 0 nitrogen and oxygen atoms in total. The summed E-state index contributed by atoms with van der Waals surface area (Å²) in [6.45, 7) is 12.1. The third-order valence-electron chi connectivity index (χ3n) is 6.34. The van der Waals surface area contributed by atoms with E-state index in [1.54, 1.807) is 12.8 Å². The van der Waals surface area contributed by atoms with Gasteiger partial charge in [-0.25, -0.2) is 0 Å². The van der Waals surface area contributed by atoms with E-state index in [0.717, 1.165) is 41.4 Å². The lowest BCUT2D eigenvalue weighted by molar-refractivity contribution is 0.245. The van der Waals surface area contributed by atoms with Gasteiger partial charge < -0.3 is 0 Å². The maximum atomic E-state index is 2.46. The molecule has 5 atom stereocenters. The van der Waals surface area contributed by atoms with Crippen LogP contribution in [0.4, 0.5) is 0 Å². The van der Waals surface area contributed by atoms with Crippen LogP contribution in [0.15, 0.2) is 0 Å². The molecule has 2 rings (SSSR count). The molecule has 0 N–H and O–H groups in total. The molecule has 0 spiro atoms. The normalized spacial score (nSPS) is 36.1. The first-order valence-electron chi connectivity index (χ1n) is 9.45. The van der Waals surface area contributed by atoms with Crippen molar-refractivity contribution in [2.75, 3.05) is 0 Å². The summed E-state index contributed by atoms with van der Waals surface area (Å²) in [5.41, 5.74) is 0. The third-order valence-corrected chi connectivity index (χ3v) is 6.34. The van der Waals surface area contributed by atoms with Gasteiger partial charge in [0.1, 0.15) is 0 Å². The number of hydrogen-bond acceptors (Lipinski definition) is 0. The smallest absolute Gasteiger partial charge is 0.0383 e. The van der Waals surface area contributed by atoms with E-state index in [2.05, 4.69) is 34.6 Å². The summed E-state index contributed by atoms with van der Waals surface area (Å²) in [6, 6.07) is 0. The molecule has 2 aliphatic rings. The molecule has 0 aromatic rings. The molecular weight excluding hydrogens is 240 g/mol. The van der Waals surface area contributed by atoms with Crippen LogP contribution < -0.4 is 0 Å². The molecule has 0 heteroatoms. The molecule has 0 bridgehead atoms. The van der Waals surface area contributed by atoms with Crippen LogP contribution >= 0.6 is 0 Å². The first-order chi connectivity index (χ1) is 9.45. The van der Waals surface area contributed by atoms with Crippen molar-refractivity contribution >= 4 is 0 Å². The Morgan fingerprint density at radius 1 is 0.850 bits per heavy atom. The fourth-order valence-corrected chi connectivity index (χ4v) is 5.11. The average Bonchev–Trinajstić information content (AvgIpc) is 2.96. The van der Waals surface area contributed by atoms with Gasteiger partial charge in [-0.05, 0) is 80.0 Å². The number of hydrogen-bond donors (Lipinski definition) is 0. The fraction of sp³-hybridized carbons (Fsp3) is 1.00. The van der Waals surface area contributed by atoms with Gasteiger partial charge in [0.25, 0.3) is 0 Å². The van der Waals surface area contributed by atoms with Gasteiger partial charge in [0, 0.05) is 0 Å². The first kappa shape index (κ1) is 16.4. The Hall–Kier alpha value is 0. The van der Waals surface area contributed by atoms with E-state index in [0.29, 0.717) is 0 Å². The second-order valence-electron chi connectivity index (χ2n) is 8.99. The maximum Gasteiger partial charge on any atom is -0.0383 e. The monoisotopic (exact) mass is 278 g/mol. The molecule has 0 aliphatic heterocycles. The minimum atomic E-state index is 0.871. The Morgan fingerprint density at radius 3 is 2.05 bits per heavy atom. The van der Waals surface area contributed by atoms with E-state index >= 15 is 0 Å². The summed E-state index contributed by atoms with van der Waals surface area (Å²) < 4.78 is 0. The number of rotatable bonds is 6. The molecule has 118 valence electrons. The molecule has 0 amide bonds. The Bertz CT molecular complexity index is 278. The quantitative estimate of drug-likeness (QED) is 0.517. The highest BCUT2D eigenvalue weighted by Crippen LogP contribution is 2.46. The highest BCUT2D eigenvalue weighted by molar-refractivity contribution is 4.86. The van der Waals surface area contributed by atoms with Crippen LogP contribution in [0.1, 0.15) is 86.0 Å². The molecule has 20 heavy (non-hydrogen) atoms. The lowest BCUT2D eigenvalue weighted by Gasteiger charge is -2.26. The van der Waals surface area contributed by atoms with E-state index in [-0.39, 0.29) is 0 Å². The van der Waals surface area contributed by atoms with Crippen LogP contribution in [0.5, 0.6) is 0 Å². The van der Waals surface area contributed by atoms with Crippen LogP contribution in [0, 0.1) is 41.4 Å². The van der Waals surface area contributed by atoms with E-state index in [1.165, 1.54) is 38.5 Å². The van der Waals surface area contributed by atoms with Gasteiger partial charge in [0.05, 0.1) is 0 Å². The molecule has 0 heterocycles. The van der Waals surface area contributed by atoms with E-state index in [4.69, 9.17) is 0 Å². The summed E-state index contributed by atoms with van der Waals surface area (Å²) in [5, 5.41) is 0. The Balaban J connectivity index is 1.79. The lowest BCUT2D eigenvalue weighted by atomic mass is 9.79. The standard InChI is InChI=1S/C20H38/c1-14(2)10-20(15(3)4)13-17-7-9-19(12-17)18-8-6-16(5)11-18/h14-20H,6-13H2,1-5H3. The van der Waals surface area contributed by atoms with Crippen LogP contribution in [-0.4, -0.2) is 0 Å². The second-order valence-corrected chi connectivity index (χ2v) is 8.99. The highest BCUT2D eigenvalue weighted by atomic mass is 14.4. The maximum absolute atomic E-state index is 2.46. The molecule has 0 saturated heterocycles. The predicted molar refractivity (Wildman–Crippen MR) is 89.7 cm³/mol. The van der Waals surface area contributed by atoms with Crippen molar-refractivity contribution in [3.05, 3.63) is 0 Å². The van der Waals surface area contributed by atoms with E-state index in [9.17, 15) is 0 Å². The zero-order valence-corrected chi connectivity index (χ0v) is 14.7. The summed E-state index contributed by atoms with van der Waals surface area (Å²) in [5.74, 6) is 6.99. The lowest BCUT2D eigenvalue weighted by Crippen LogP contribution is -2.16. The molecule has 0 aromatic heterocycles. The molecule has 0 aromatic carbocycles. The van der Waals surface area contributed by atoms with Crippen molar-refractivity contribution in [3.63, 3.8) is 0 Å². The van der Waals surface area contributed by atoms with Crippen LogP contribution in [0.2, 0.25) is 0 Å². The molecular formula is C20H38. The van der Waals surface area contributed by atoms with Gasteiger partial charge in [-0.2, -0.15) is 0 Å². The average molecular weight is 279 g/mol. The van der Waals surface area contributed by atoms with Crippen molar-refractivity contribution in [3.8, 4) is 0 Å². The van der Waals surface area contributed by atoms with E-state index < -0.39 is 0 Å². The van der Waals surface area contributed by atoms with Crippen LogP contribution in [0.25, 0.3) is 0 Å². The Labute approximate surface area is 128 Å². The zero-order chi connectivity index (χ0) is 14.7. The van der Waals surface area contributed by atoms with Gasteiger partial charge >= 0.3 is 0 Å². The minimum absolute atomic E-state index is 0.871. The van der Waals surface area contributed by atoms with Gasteiger partial charge in [-0.15, -0.1) is 0 Å². The molecule has 2 aliphatic carbocycles. The van der Waals surface area contributed by atoms with Crippen LogP contribution in [-0.2, 0) is 0 Å². The van der Waals surface area contributed by atoms with Gasteiger partial charge in [0.2, 0.25) is 0 Å². The SMILES string of the molecule is CC(C)CC(CC1CCC(C2CCC(C)C2)C1)C(C)C. The molecule has 0 radical (unpaired) electrons. The molecule has 2 fully saturated rings. The van der Waals surface area contributed by atoms with Crippen molar-refractivity contribution < 1.29 is 0 Å². The van der Waals surface area contributed by atoms with Crippen LogP contribution in [0.3, 0.4) is 0 Å². The van der Waals surface area contributed by atoms with Gasteiger partial charge in [0.15, 0.2) is 0 Å². The summed E-state index contributed by atoms with van der Waals surface area (Å²) in [7, 11) is 0. The first-order valence-corrected chi connectivity index (χ1v) is 9.45. The molecule has 5 unspecified atom stereocenters. The Kier molecular flexibility index (Phi) is 5.99. The summed E-state index contributed by atoms with van der Waals surface area (Å²) in [6.07, 6.45) is 12.2. The van der Waals surface area contributed by atoms with Crippen molar-refractivity contribution in [1.82, 2.24) is 0 Å². The second kappa shape index (κ2) is 7.32. The van der Waals surface area contributed by atoms with Crippen molar-refractivity contribution in [2.45, 2.75) is 86.0 Å². The fourth-order valence-electron chi connectivity index (χ4n) is 5.11. The van der Waals surface area contributed by atoms with Crippen molar-refractivity contribution in [1.29, 1.82) is 0 Å². The summed E-state index contributed by atoms with van der Waals surface area (Å²) in [4.78, 5) is 0. The minimum Gasteiger partial charge on any atom is -0.0628 e. The van der Waals surface area contributed by atoms with Gasteiger partial charge in [-0.3, -0.25) is 0 Å². The van der Waals surface area contributed by atoms with Gasteiger partial charge in [-0.1, -0.05) is 47.5 Å². The van der Waals surface area contributed by atoms with E-state index in [1.807, 2.05) is 0 Å². The third kappa shape index (κ3) is 4.50.